The summed E-state index contributed by atoms with van der Waals surface area (Å²) in [5.41, 5.74) is 2.67. The molecule has 3 N–H and O–H groups in total. The second-order valence-corrected chi connectivity index (χ2v) is 10.6. The number of hydrogen-bond donors (Lipinski definition) is 3. The number of rotatable bonds is 8. The molecule has 2 aliphatic rings. The Bertz CT molecular complexity index is 1650. The standard InChI is InChI=1S/C31H30FN5O6/c1-19-5-6-27(24(32)11-19)43-23-4-2-3-20(13-23)29(39)35-17-28(38)37-18-31(41-9-10-42-31)14-26(37)30(40)34-16-22-12-21-15-33-8-7-25(21)36-22/h2-8,11-13,15,26,36H,9-10,14,16-18H2,1H3,(H,34,40)(H,35,39)/t26-/m0/s1. The van der Waals surface area contributed by atoms with Crippen molar-refractivity contribution >= 4 is 28.6 Å². The predicted molar refractivity (Wildman–Crippen MR) is 153 cm³/mol. The van der Waals surface area contributed by atoms with E-state index in [1.165, 1.54) is 23.1 Å². The number of benzene rings is 2. The molecule has 2 aromatic carbocycles. The second kappa shape index (κ2) is 11.8. The third kappa shape index (κ3) is 6.20. The minimum absolute atomic E-state index is 0.0310. The maximum Gasteiger partial charge on any atom is 0.251 e. The van der Waals surface area contributed by atoms with Crippen molar-refractivity contribution in [2.75, 3.05) is 26.3 Å². The van der Waals surface area contributed by atoms with Gasteiger partial charge in [0.05, 0.1) is 32.8 Å². The molecule has 0 bridgehead atoms. The number of ether oxygens (including phenoxy) is 3. The first kappa shape index (κ1) is 28.3. The van der Waals surface area contributed by atoms with Crippen LogP contribution in [0.4, 0.5) is 4.39 Å². The number of aryl methyl sites for hydroxylation is 1. The van der Waals surface area contributed by atoms with Crippen molar-refractivity contribution in [3.63, 3.8) is 0 Å². The average Bonchev–Trinajstić information content (AvgIpc) is 3.74. The van der Waals surface area contributed by atoms with E-state index in [1.807, 2.05) is 12.1 Å². The molecule has 12 heteroatoms. The minimum Gasteiger partial charge on any atom is -0.454 e. The number of likely N-dealkylation sites (tertiary alicyclic amines) is 1. The highest BCUT2D eigenvalue weighted by atomic mass is 19.1. The number of aromatic amines is 1. The van der Waals surface area contributed by atoms with Crippen LogP contribution in [0.2, 0.25) is 0 Å². The van der Waals surface area contributed by atoms with Crippen LogP contribution >= 0.6 is 0 Å². The minimum atomic E-state index is -1.06. The van der Waals surface area contributed by atoms with E-state index in [1.54, 1.807) is 43.6 Å². The molecule has 11 nitrogen and oxygen atoms in total. The van der Waals surface area contributed by atoms with E-state index in [0.717, 1.165) is 22.2 Å². The van der Waals surface area contributed by atoms with Gasteiger partial charge >= 0.3 is 0 Å². The smallest absolute Gasteiger partial charge is 0.251 e. The number of carbonyl (C=O) groups is 3. The fourth-order valence-corrected chi connectivity index (χ4v) is 5.35. The Balaban J connectivity index is 1.09. The molecule has 6 rings (SSSR count). The monoisotopic (exact) mass is 587 g/mol. The topological polar surface area (TPSA) is 135 Å². The lowest BCUT2D eigenvalue weighted by Crippen LogP contribution is -2.49. The van der Waals surface area contributed by atoms with Crippen LogP contribution in [0.25, 0.3) is 10.9 Å². The number of aromatic nitrogens is 2. The first-order valence-corrected chi connectivity index (χ1v) is 13.9. The van der Waals surface area contributed by atoms with Crippen molar-refractivity contribution in [1.82, 2.24) is 25.5 Å². The first-order chi connectivity index (χ1) is 20.8. The van der Waals surface area contributed by atoms with Gasteiger partial charge in [0.1, 0.15) is 11.8 Å². The highest BCUT2D eigenvalue weighted by Gasteiger charge is 2.52. The zero-order valence-corrected chi connectivity index (χ0v) is 23.4. The Morgan fingerprint density at radius 1 is 1.12 bits per heavy atom. The number of carbonyl (C=O) groups excluding carboxylic acids is 3. The van der Waals surface area contributed by atoms with E-state index in [9.17, 15) is 18.8 Å². The molecule has 2 aromatic heterocycles. The van der Waals surface area contributed by atoms with Crippen molar-refractivity contribution in [2.45, 2.75) is 31.7 Å². The van der Waals surface area contributed by atoms with Gasteiger partial charge in [0.2, 0.25) is 11.8 Å². The Morgan fingerprint density at radius 3 is 2.74 bits per heavy atom. The fourth-order valence-electron chi connectivity index (χ4n) is 5.35. The second-order valence-electron chi connectivity index (χ2n) is 10.6. The van der Waals surface area contributed by atoms with E-state index in [0.29, 0.717) is 13.2 Å². The number of nitrogens with one attached hydrogen (secondary N) is 3. The molecule has 222 valence electrons. The van der Waals surface area contributed by atoms with Crippen LogP contribution in [-0.4, -0.2) is 70.7 Å². The van der Waals surface area contributed by atoms with E-state index in [2.05, 4.69) is 20.6 Å². The van der Waals surface area contributed by atoms with Crippen LogP contribution in [0, 0.1) is 12.7 Å². The number of nitrogens with zero attached hydrogens (tertiary/aromatic N) is 2. The Hall–Kier alpha value is -4.81. The predicted octanol–water partition coefficient (Wildman–Crippen LogP) is 3.19. The summed E-state index contributed by atoms with van der Waals surface area (Å²) in [7, 11) is 0. The molecule has 1 spiro atoms. The molecular weight excluding hydrogens is 557 g/mol. The van der Waals surface area contributed by atoms with E-state index < -0.39 is 29.5 Å². The van der Waals surface area contributed by atoms with Gasteiger partial charge in [-0.2, -0.15) is 0 Å². The zero-order chi connectivity index (χ0) is 30.0. The van der Waals surface area contributed by atoms with E-state index in [-0.39, 0.29) is 49.0 Å². The van der Waals surface area contributed by atoms with Crippen LogP contribution in [-0.2, 0) is 25.6 Å². The molecule has 3 amide bonds. The maximum absolute atomic E-state index is 14.2. The van der Waals surface area contributed by atoms with Crippen molar-refractivity contribution in [3.05, 3.63) is 89.6 Å². The van der Waals surface area contributed by atoms with Crippen molar-refractivity contribution in [2.24, 2.45) is 0 Å². The summed E-state index contributed by atoms with van der Waals surface area (Å²) in [6.45, 7) is 2.42. The molecule has 0 aliphatic carbocycles. The fraction of sp³-hybridized carbons (Fsp3) is 0.290. The number of H-pyrrole nitrogens is 1. The molecule has 2 saturated heterocycles. The van der Waals surface area contributed by atoms with E-state index >= 15 is 0 Å². The van der Waals surface area contributed by atoms with Gasteiger partial charge < -0.3 is 34.7 Å². The van der Waals surface area contributed by atoms with Crippen LogP contribution < -0.4 is 15.4 Å². The van der Waals surface area contributed by atoms with Gasteiger partial charge in [0.25, 0.3) is 5.91 Å². The summed E-state index contributed by atoms with van der Waals surface area (Å²) in [4.78, 5) is 48.3. The summed E-state index contributed by atoms with van der Waals surface area (Å²) in [5.74, 6) is -2.64. The number of hydrogen-bond acceptors (Lipinski definition) is 7. The third-order valence-electron chi connectivity index (χ3n) is 7.47. The van der Waals surface area contributed by atoms with Crippen LogP contribution in [0.15, 0.2) is 67.0 Å². The summed E-state index contributed by atoms with van der Waals surface area (Å²) in [5, 5.41) is 6.43. The lowest BCUT2D eigenvalue weighted by atomic mass is 10.1. The molecule has 4 heterocycles. The largest absolute Gasteiger partial charge is 0.454 e. The molecule has 2 fully saturated rings. The lowest BCUT2D eigenvalue weighted by molar-refractivity contribution is -0.152. The molecule has 0 unspecified atom stereocenters. The summed E-state index contributed by atoms with van der Waals surface area (Å²) in [6.07, 6.45) is 3.58. The lowest BCUT2D eigenvalue weighted by Gasteiger charge is -2.24. The van der Waals surface area contributed by atoms with Gasteiger partial charge in [-0.25, -0.2) is 4.39 Å². The SMILES string of the molecule is Cc1ccc(Oc2cccc(C(=O)NCC(=O)N3CC4(C[C@H]3C(=O)NCc3cc5cnccc5[nH]3)OCCO4)c2)c(F)c1. The molecule has 4 aromatic rings. The third-order valence-corrected chi connectivity index (χ3v) is 7.47. The molecule has 43 heavy (non-hydrogen) atoms. The highest BCUT2D eigenvalue weighted by Crippen LogP contribution is 2.35. The van der Waals surface area contributed by atoms with Crippen molar-refractivity contribution < 1.29 is 33.0 Å². The van der Waals surface area contributed by atoms with Crippen molar-refractivity contribution in [3.8, 4) is 11.5 Å². The normalized spacial score (nSPS) is 17.3. The van der Waals surface area contributed by atoms with Crippen molar-refractivity contribution in [1.29, 1.82) is 0 Å². The van der Waals surface area contributed by atoms with Crippen LogP contribution in [0.3, 0.4) is 0 Å². The van der Waals surface area contributed by atoms with Crippen LogP contribution in [0.5, 0.6) is 11.5 Å². The Labute approximate surface area is 246 Å². The summed E-state index contributed by atoms with van der Waals surface area (Å²) < 4.78 is 31.5. The van der Waals surface area contributed by atoms with Gasteiger partial charge in [-0.05, 0) is 55.0 Å². The molecular formula is C31H30FN5O6. The molecule has 0 radical (unpaired) electrons. The van der Waals surface area contributed by atoms with Gasteiger partial charge in [-0.1, -0.05) is 12.1 Å². The number of pyridine rings is 1. The number of halogens is 1. The van der Waals surface area contributed by atoms with E-state index in [4.69, 9.17) is 14.2 Å². The first-order valence-electron chi connectivity index (χ1n) is 13.9. The summed E-state index contributed by atoms with van der Waals surface area (Å²) >= 11 is 0. The number of fused-ring (bicyclic) bond motifs is 1. The van der Waals surface area contributed by atoms with Crippen LogP contribution in [0.1, 0.15) is 28.0 Å². The maximum atomic E-state index is 14.2. The average molecular weight is 588 g/mol. The highest BCUT2D eigenvalue weighted by molar-refractivity contribution is 5.97. The number of amides is 3. The molecule has 2 aliphatic heterocycles. The van der Waals surface area contributed by atoms with Gasteiger partial charge in [-0.15, -0.1) is 0 Å². The Morgan fingerprint density at radius 2 is 1.95 bits per heavy atom. The molecule has 0 saturated carbocycles. The van der Waals surface area contributed by atoms with Gasteiger partial charge in [-0.3, -0.25) is 19.4 Å². The quantitative estimate of drug-likeness (QED) is 0.288. The zero-order valence-electron chi connectivity index (χ0n) is 23.4. The van der Waals surface area contributed by atoms with Gasteiger partial charge in [0.15, 0.2) is 17.4 Å². The summed E-state index contributed by atoms with van der Waals surface area (Å²) in [6, 6.07) is 13.7. The molecule has 1 atom stereocenters. The van der Waals surface area contributed by atoms with Gasteiger partial charge in [0, 0.05) is 41.0 Å². The Kier molecular flexibility index (Phi) is 7.78.